The number of fused-ring (bicyclic) bond motifs is 1. The highest BCUT2D eigenvalue weighted by atomic mass is 35.5. The van der Waals surface area contributed by atoms with Gasteiger partial charge in [0.2, 0.25) is 0 Å². The number of aryl methyl sites for hydroxylation is 1. The highest BCUT2D eigenvalue weighted by molar-refractivity contribution is 5.98. The van der Waals surface area contributed by atoms with Crippen LogP contribution in [0.1, 0.15) is 44.7 Å². The van der Waals surface area contributed by atoms with Gasteiger partial charge in [-0.1, -0.05) is 18.2 Å². The van der Waals surface area contributed by atoms with E-state index in [1.807, 2.05) is 61.5 Å². The molecule has 1 saturated heterocycles. The lowest BCUT2D eigenvalue weighted by atomic mass is 9.98. The van der Waals surface area contributed by atoms with Crippen LogP contribution in [0.3, 0.4) is 0 Å². The quantitative estimate of drug-likeness (QED) is 0.170. The molecular weight excluding hydrogens is 582 g/mol. The molecule has 0 radical (unpaired) electrons. The molecule has 0 atom stereocenters. The number of pyridine rings is 2. The van der Waals surface area contributed by atoms with E-state index in [-0.39, 0.29) is 17.9 Å². The van der Waals surface area contributed by atoms with E-state index < -0.39 is 0 Å². The first-order chi connectivity index (χ1) is 21.3. The number of aromatic nitrogens is 4. The number of nitrogens with zero attached hydrogens (tertiary/aromatic N) is 6. The van der Waals surface area contributed by atoms with Crippen LogP contribution in [0.15, 0.2) is 79.3 Å². The monoisotopic (exact) mass is 619 g/mol. The van der Waals surface area contributed by atoms with Crippen molar-refractivity contribution in [3.63, 3.8) is 0 Å². The first kappa shape index (κ1) is 31.6. The van der Waals surface area contributed by atoms with Crippen LogP contribution >= 0.6 is 12.4 Å². The molecule has 0 saturated carbocycles. The number of hydrogen-bond donors (Lipinski definition) is 3. The zero-order valence-corrected chi connectivity index (χ0v) is 26.8. The summed E-state index contributed by atoms with van der Waals surface area (Å²) in [4.78, 5) is 20.5. The maximum absolute atomic E-state index is 10.4. The summed E-state index contributed by atoms with van der Waals surface area (Å²) < 4.78 is 0. The Morgan fingerprint density at radius 1 is 0.933 bits per heavy atom. The molecule has 5 aromatic rings. The number of nitriles is 1. The fourth-order valence-electron chi connectivity index (χ4n) is 5.80. The number of para-hydroxylation sites is 1. The fourth-order valence-corrected chi connectivity index (χ4v) is 5.80. The van der Waals surface area contributed by atoms with Crippen LogP contribution in [-0.4, -0.2) is 44.6 Å². The SMILES string of the molecule is Cc1cc(Nc2nc3ccccc3c(N3CCC(NC(C)(C)C)CC3)c2C#N)ccc1Nc1ccnc(-c2cccnc2)n1.Cl. The molecule has 0 bridgehead atoms. The zero-order valence-electron chi connectivity index (χ0n) is 26.0. The van der Waals surface area contributed by atoms with Crippen molar-refractivity contribution >= 4 is 52.0 Å². The second-order valence-electron chi connectivity index (χ2n) is 12.3. The summed E-state index contributed by atoms with van der Waals surface area (Å²) in [6.07, 6.45) is 7.25. The maximum Gasteiger partial charge on any atom is 0.163 e. The number of hydrogen-bond acceptors (Lipinski definition) is 9. The van der Waals surface area contributed by atoms with Gasteiger partial charge in [-0.15, -0.1) is 12.4 Å². The molecule has 3 aromatic heterocycles. The number of benzene rings is 2. The number of halogens is 1. The van der Waals surface area contributed by atoms with E-state index in [1.165, 1.54) is 0 Å². The van der Waals surface area contributed by atoms with E-state index in [0.717, 1.165) is 65.0 Å². The lowest BCUT2D eigenvalue weighted by Crippen LogP contribution is -2.49. The first-order valence-corrected chi connectivity index (χ1v) is 15.0. The third-order valence-corrected chi connectivity index (χ3v) is 7.75. The van der Waals surface area contributed by atoms with Crippen LogP contribution in [0.2, 0.25) is 0 Å². The Kier molecular flexibility index (Phi) is 9.47. The number of piperidine rings is 1. The van der Waals surface area contributed by atoms with Gasteiger partial charge in [0.05, 0.1) is 11.2 Å². The van der Waals surface area contributed by atoms with Gasteiger partial charge in [0.15, 0.2) is 11.6 Å². The lowest BCUT2D eigenvalue weighted by Gasteiger charge is -2.38. The highest BCUT2D eigenvalue weighted by Crippen LogP contribution is 2.37. The number of anilines is 5. The largest absolute Gasteiger partial charge is 0.370 e. The summed E-state index contributed by atoms with van der Waals surface area (Å²) in [7, 11) is 0. The molecule has 6 rings (SSSR count). The van der Waals surface area contributed by atoms with E-state index in [0.29, 0.717) is 29.1 Å². The minimum absolute atomic E-state index is 0. The van der Waals surface area contributed by atoms with Crippen LogP contribution in [0, 0.1) is 18.3 Å². The maximum atomic E-state index is 10.4. The topological polar surface area (TPSA) is 115 Å². The molecule has 3 N–H and O–H groups in total. The van der Waals surface area contributed by atoms with E-state index in [4.69, 9.17) is 4.98 Å². The molecule has 1 fully saturated rings. The van der Waals surface area contributed by atoms with E-state index in [2.05, 4.69) is 68.7 Å². The molecule has 45 heavy (non-hydrogen) atoms. The standard InChI is InChI=1S/C35H37N9.ClH/c1-23-20-26(11-12-29(23)40-31-13-17-38-33(42-31)24-8-7-16-37-22-24)39-34-28(21-36)32(27-9-5-6-10-30(27)41-34)44-18-14-25(15-19-44)43-35(2,3)4;/h5-13,16-17,20,22,25,43H,14-15,18-19H2,1-4H3,(H,39,41)(H,38,40,42);1H. The van der Waals surface area contributed by atoms with Gasteiger partial charge in [-0.05, 0) is 88.6 Å². The molecule has 4 heterocycles. The normalized spacial score (nSPS) is 13.6. The molecule has 1 aliphatic heterocycles. The van der Waals surface area contributed by atoms with Gasteiger partial charge in [-0.25, -0.2) is 15.0 Å². The lowest BCUT2D eigenvalue weighted by molar-refractivity contribution is 0.317. The van der Waals surface area contributed by atoms with Crippen LogP contribution in [0.25, 0.3) is 22.3 Å². The van der Waals surface area contributed by atoms with Crippen LogP contribution < -0.4 is 20.9 Å². The van der Waals surface area contributed by atoms with Gasteiger partial charge >= 0.3 is 0 Å². The Balaban J connectivity index is 0.00000400. The van der Waals surface area contributed by atoms with Gasteiger partial charge in [-0.3, -0.25) is 4.98 Å². The van der Waals surface area contributed by atoms with Crippen molar-refractivity contribution < 1.29 is 0 Å². The summed E-state index contributed by atoms with van der Waals surface area (Å²) in [5.74, 6) is 1.86. The Labute approximate surface area is 270 Å². The Morgan fingerprint density at radius 2 is 1.73 bits per heavy atom. The van der Waals surface area contributed by atoms with Gasteiger partial charge in [0.25, 0.3) is 0 Å². The minimum atomic E-state index is 0. The average Bonchev–Trinajstić information content (AvgIpc) is 3.02. The van der Waals surface area contributed by atoms with Gasteiger partial charge in [-0.2, -0.15) is 5.26 Å². The summed E-state index contributed by atoms with van der Waals surface area (Å²) >= 11 is 0. The van der Waals surface area contributed by atoms with Gasteiger partial charge in [0.1, 0.15) is 17.5 Å². The van der Waals surface area contributed by atoms with Crippen LogP contribution in [0.4, 0.5) is 28.7 Å². The average molecular weight is 620 g/mol. The smallest absolute Gasteiger partial charge is 0.163 e. The molecule has 10 heteroatoms. The zero-order chi connectivity index (χ0) is 30.7. The van der Waals surface area contributed by atoms with Crippen molar-refractivity contribution in [3.05, 3.63) is 90.4 Å². The predicted octanol–water partition coefficient (Wildman–Crippen LogP) is 7.53. The van der Waals surface area contributed by atoms with Gasteiger partial charge in [0, 0.05) is 65.6 Å². The summed E-state index contributed by atoms with van der Waals surface area (Å²) in [6, 6.07) is 22.7. The Hall–Kier alpha value is -4.78. The van der Waals surface area contributed by atoms with Gasteiger partial charge < -0.3 is 20.9 Å². The molecule has 0 spiro atoms. The molecule has 0 aliphatic carbocycles. The third kappa shape index (κ3) is 7.31. The number of nitrogens with one attached hydrogen (secondary N) is 3. The summed E-state index contributed by atoms with van der Waals surface area (Å²) in [5.41, 5.74) is 6.11. The Bertz CT molecular complexity index is 1820. The molecule has 9 nitrogen and oxygen atoms in total. The molecule has 2 aromatic carbocycles. The molecule has 0 amide bonds. The first-order valence-electron chi connectivity index (χ1n) is 15.0. The molecular formula is C35H38ClN9. The fraction of sp³-hybridized carbons (Fsp3) is 0.286. The molecule has 1 aliphatic rings. The van der Waals surface area contributed by atoms with E-state index in [1.54, 1.807) is 18.6 Å². The molecule has 0 unspecified atom stereocenters. The van der Waals surface area contributed by atoms with Crippen LogP contribution in [-0.2, 0) is 0 Å². The second-order valence-corrected chi connectivity index (χ2v) is 12.3. The van der Waals surface area contributed by atoms with Crippen LogP contribution in [0.5, 0.6) is 0 Å². The van der Waals surface area contributed by atoms with E-state index in [9.17, 15) is 5.26 Å². The second kappa shape index (κ2) is 13.5. The van der Waals surface area contributed by atoms with Crippen molar-refractivity contribution in [2.75, 3.05) is 28.6 Å². The van der Waals surface area contributed by atoms with Crippen molar-refractivity contribution in [1.29, 1.82) is 5.26 Å². The predicted molar refractivity (Wildman–Crippen MR) is 185 cm³/mol. The van der Waals surface area contributed by atoms with Crippen molar-refractivity contribution in [1.82, 2.24) is 25.3 Å². The number of rotatable bonds is 7. The summed E-state index contributed by atoms with van der Waals surface area (Å²) in [5, 5.41) is 22.1. The minimum Gasteiger partial charge on any atom is -0.370 e. The molecule has 230 valence electrons. The van der Waals surface area contributed by atoms with Crippen molar-refractivity contribution in [2.24, 2.45) is 0 Å². The third-order valence-electron chi connectivity index (χ3n) is 7.75. The highest BCUT2D eigenvalue weighted by Gasteiger charge is 2.27. The van der Waals surface area contributed by atoms with Crippen molar-refractivity contribution in [2.45, 2.75) is 52.1 Å². The Morgan fingerprint density at radius 3 is 2.44 bits per heavy atom. The van der Waals surface area contributed by atoms with E-state index >= 15 is 0 Å². The summed E-state index contributed by atoms with van der Waals surface area (Å²) in [6.45, 7) is 10.4. The van der Waals surface area contributed by atoms with Crippen molar-refractivity contribution in [3.8, 4) is 17.5 Å².